The summed E-state index contributed by atoms with van der Waals surface area (Å²) in [6.07, 6.45) is 0.558. The van der Waals surface area contributed by atoms with E-state index in [9.17, 15) is 9.59 Å². The molecule has 7 heteroatoms. The number of nitrogens with zero attached hydrogens (tertiary/aromatic N) is 3. The molecule has 1 aromatic carbocycles. The van der Waals surface area contributed by atoms with Gasteiger partial charge in [-0.15, -0.1) is 11.3 Å². The van der Waals surface area contributed by atoms with Gasteiger partial charge in [0.2, 0.25) is 11.8 Å². The number of thiophene rings is 1. The number of benzene rings is 1. The summed E-state index contributed by atoms with van der Waals surface area (Å²) in [4.78, 5) is 32.9. The van der Waals surface area contributed by atoms with Crippen LogP contribution in [0.1, 0.15) is 10.4 Å². The third-order valence-electron chi connectivity index (χ3n) is 5.41. The predicted octanol–water partition coefficient (Wildman–Crippen LogP) is 2.50. The molecular formula is C20H22ClN3O2S. The van der Waals surface area contributed by atoms with Gasteiger partial charge in [0.1, 0.15) is 12.1 Å². The highest BCUT2D eigenvalue weighted by molar-refractivity contribution is 7.16. The summed E-state index contributed by atoms with van der Waals surface area (Å²) in [5.74, 6) is 0.0919. The Kier molecular flexibility index (Phi) is 5.21. The van der Waals surface area contributed by atoms with Crippen molar-refractivity contribution in [3.8, 4) is 0 Å². The molecule has 2 saturated heterocycles. The Morgan fingerprint density at radius 2 is 1.85 bits per heavy atom. The van der Waals surface area contributed by atoms with E-state index >= 15 is 0 Å². The number of amides is 2. The highest BCUT2D eigenvalue weighted by atomic mass is 35.5. The molecule has 0 spiro atoms. The number of fused-ring (bicyclic) bond motifs is 1. The van der Waals surface area contributed by atoms with Crippen LogP contribution in [-0.4, -0.2) is 65.3 Å². The van der Waals surface area contributed by atoms with Crippen LogP contribution < -0.4 is 0 Å². The summed E-state index contributed by atoms with van der Waals surface area (Å²) in [5, 5.41) is 0. The topological polar surface area (TPSA) is 43.9 Å². The first-order valence-corrected chi connectivity index (χ1v) is 10.3. The van der Waals surface area contributed by atoms with E-state index in [1.807, 2.05) is 42.5 Å². The Hall–Kier alpha value is -1.89. The van der Waals surface area contributed by atoms with Gasteiger partial charge in [-0.1, -0.05) is 41.9 Å². The van der Waals surface area contributed by atoms with Crippen molar-refractivity contribution in [1.29, 1.82) is 0 Å². The molecule has 27 heavy (non-hydrogen) atoms. The van der Waals surface area contributed by atoms with E-state index < -0.39 is 12.1 Å². The van der Waals surface area contributed by atoms with Crippen LogP contribution in [0, 0.1) is 0 Å². The quantitative estimate of drug-likeness (QED) is 0.787. The molecule has 0 radical (unpaired) electrons. The third kappa shape index (κ3) is 3.74. The fourth-order valence-corrected chi connectivity index (χ4v) is 5.05. The first kappa shape index (κ1) is 18.5. The molecule has 0 aliphatic carbocycles. The number of rotatable bonds is 4. The summed E-state index contributed by atoms with van der Waals surface area (Å²) in [6, 6.07) is 13.0. The summed E-state index contributed by atoms with van der Waals surface area (Å²) >= 11 is 7.58. The molecule has 2 aromatic rings. The highest BCUT2D eigenvalue weighted by Gasteiger charge is 2.46. The molecule has 0 bridgehead atoms. The van der Waals surface area contributed by atoms with E-state index in [1.54, 1.807) is 28.2 Å². The molecule has 0 N–H and O–H groups in total. The van der Waals surface area contributed by atoms with Gasteiger partial charge in [0.05, 0.1) is 4.34 Å². The molecule has 3 heterocycles. The van der Waals surface area contributed by atoms with E-state index in [1.165, 1.54) is 4.88 Å². The molecule has 142 valence electrons. The van der Waals surface area contributed by atoms with Gasteiger partial charge >= 0.3 is 0 Å². The normalized spacial score (nSPS) is 23.6. The first-order valence-electron chi connectivity index (χ1n) is 9.10. The fraction of sp³-hybridized carbons (Fsp3) is 0.400. The van der Waals surface area contributed by atoms with Crippen molar-refractivity contribution in [1.82, 2.24) is 14.7 Å². The van der Waals surface area contributed by atoms with Crippen LogP contribution in [0.2, 0.25) is 4.34 Å². The van der Waals surface area contributed by atoms with Crippen molar-refractivity contribution in [3.05, 3.63) is 57.2 Å². The van der Waals surface area contributed by atoms with Gasteiger partial charge in [0.15, 0.2) is 0 Å². The van der Waals surface area contributed by atoms with E-state index in [0.29, 0.717) is 19.5 Å². The van der Waals surface area contributed by atoms with Crippen LogP contribution in [0.5, 0.6) is 0 Å². The van der Waals surface area contributed by atoms with Crippen LogP contribution in [0.15, 0.2) is 42.5 Å². The number of piperazine rings is 2. The Labute approximate surface area is 168 Å². The summed E-state index contributed by atoms with van der Waals surface area (Å²) in [6.45, 7) is 2.70. The van der Waals surface area contributed by atoms with Crippen LogP contribution in [0.25, 0.3) is 0 Å². The lowest BCUT2D eigenvalue weighted by molar-refractivity contribution is -0.164. The minimum atomic E-state index is -0.418. The number of likely N-dealkylation sites (N-methyl/N-ethyl adjacent to an activating group) is 1. The van der Waals surface area contributed by atoms with Crippen LogP contribution >= 0.6 is 22.9 Å². The molecule has 2 aliphatic rings. The lowest BCUT2D eigenvalue weighted by Crippen LogP contribution is -2.69. The second-order valence-corrected chi connectivity index (χ2v) is 8.94. The monoisotopic (exact) mass is 403 g/mol. The molecule has 2 fully saturated rings. The molecule has 1 aromatic heterocycles. The minimum Gasteiger partial charge on any atom is -0.332 e. The van der Waals surface area contributed by atoms with Crippen molar-refractivity contribution in [3.63, 3.8) is 0 Å². The van der Waals surface area contributed by atoms with Gasteiger partial charge in [-0.3, -0.25) is 14.5 Å². The zero-order valence-electron chi connectivity index (χ0n) is 15.2. The van der Waals surface area contributed by atoms with Crippen LogP contribution in [-0.2, 0) is 22.6 Å². The van der Waals surface area contributed by atoms with Gasteiger partial charge in [-0.05, 0) is 17.7 Å². The molecule has 4 rings (SSSR count). The van der Waals surface area contributed by atoms with Crippen molar-refractivity contribution in [2.75, 3.05) is 26.7 Å². The molecule has 2 atom stereocenters. The Morgan fingerprint density at radius 3 is 2.56 bits per heavy atom. The molecular weight excluding hydrogens is 382 g/mol. The second-order valence-electron chi connectivity index (χ2n) is 7.14. The maximum atomic E-state index is 13.1. The van der Waals surface area contributed by atoms with Gasteiger partial charge in [0.25, 0.3) is 0 Å². The number of carbonyl (C=O) groups is 2. The zero-order valence-corrected chi connectivity index (χ0v) is 16.7. The van der Waals surface area contributed by atoms with Crippen molar-refractivity contribution < 1.29 is 9.59 Å². The van der Waals surface area contributed by atoms with E-state index in [0.717, 1.165) is 23.0 Å². The number of hydrogen-bond acceptors (Lipinski definition) is 4. The number of hydrogen-bond donors (Lipinski definition) is 0. The SMILES string of the molecule is CN1C(=O)[C@H]2CN(Cc3ccc(Cl)s3)CCN2C(=O)[C@@H]1Cc1ccccc1. The van der Waals surface area contributed by atoms with Gasteiger partial charge in [-0.25, -0.2) is 0 Å². The van der Waals surface area contributed by atoms with E-state index in [4.69, 9.17) is 11.6 Å². The Morgan fingerprint density at radius 1 is 1.07 bits per heavy atom. The van der Waals surface area contributed by atoms with Crippen LogP contribution in [0.4, 0.5) is 0 Å². The van der Waals surface area contributed by atoms with Crippen molar-refractivity contribution in [2.24, 2.45) is 0 Å². The maximum absolute atomic E-state index is 13.1. The zero-order chi connectivity index (χ0) is 19.0. The average Bonchev–Trinajstić information content (AvgIpc) is 3.09. The van der Waals surface area contributed by atoms with Gasteiger partial charge in [-0.2, -0.15) is 0 Å². The molecule has 5 nitrogen and oxygen atoms in total. The lowest BCUT2D eigenvalue weighted by Gasteiger charge is -2.48. The van der Waals surface area contributed by atoms with E-state index in [-0.39, 0.29) is 11.8 Å². The summed E-state index contributed by atoms with van der Waals surface area (Å²) in [5.41, 5.74) is 1.07. The molecule has 2 aliphatic heterocycles. The molecule has 0 unspecified atom stereocenters. The number of carbonyl (C=O) groups excluding carboxylic acids is 2. The van der Waals surface area contributed by atoms with Gasteiger partial charge in [0, 0.05) is 44.5 Å². The fourth-order valence-electron chi connectivity index (χ4n) is 3.92. The Balaban J connectivity index is 1.47. The highest BCUT2D eigenvalue weighted by Crippen LogP contribution is 2.26. The maximum Gasteiger partial charge on any atom is 0.247 e. The Bertz CT molecular complexity index is 841. The molecule has 2 amide bonds. The van der Waals surface area contributed by atoms with Crippen molar-refractivity contribution >= 4 is 34.8 Å². The van der Waals surface area contributed by atoms with Crippen molar-refractivity contribution in [2.45, 2.75) is 25.0 Å². The first-order chi connectivity index (χ1) is 13.0. The summed E-state index contributed by atoms with van der Waals surface area (Å²) in [7, 11) is 1.75. The lowest BCUT2D eigenvalue weighted by atomic mass is 9.97. The molecule has 0 saturated carbocycles. The predicted molar refractivity (Wildman–Crippen MR) is 107 cm³/mol. The standard InChI is InChI=1S/C20H22ClN3O2S/c1-22-16(11-14-5-3-2-4-6-14)20(26)24-10-9-23(13-17(24)19(22)25)12-15-7-8-18(21)27-15/h2-8,16-17H,9-13H2,1H3/t16-,17+/m0/s1. The average molecular weight is 404 g/mol. The largest absolute Gasteiger partial charge is 0.332 e. The minimum absolute atomic E-state index is 0.0319. The van der Waals surface area contributed by atoms with Gasteiger partial charge < -0.3 is 9.80 Å². The van der Waals surface area contributed by atoms with E-state index in [2.05, 4.69) is 4.90 Å². The second kappa shape index (κ2) is 7.62. The third-order valence-corrected chi connectivity index (χ3v) is 6.63. The number of halogens is 1. The summed E-state index contributed by atoms with van der Waals surface area (Å²) < 4.78 is 0.774. The smallest absolute Gasteiger partial charge is 0.247 e. The van der Waals surface area contributed by atoms with Crippen LogP contribution in [0.3, 0.4) is 0 Å².